The molecule has 0 amide bonds. The van der Waals surface area contributed by atoms with Crippen molar-refractivity contribution in [3.05, 3.63) is 91.5 Å². The lowest BCUT2D eigenvalue weighted by molar-refractivity contribution is 0.302. The number of ether oxygens (including phenoxy) is 3. The molecule has 0 aliphatic carbocycles. The smallest absolute Gasteiger partial charge is 0.167 e. The molecule has 0 radical (unpaired) electrons. The zero-order chi connectivity index (χ0) is 47.5. The fraction of sp³-hybridized carbons (Fsp3) is 0.444. The molecule has 13 nitrogen and oxygen atoms in total. The maximum atomic E-state index is 11.2. The van der Waals surface area contributed by atoms with E-state index >= 15 is 0 Å². The van der Waals surface area contributed by atoms with Gasteiger partial charge in [-0.05, 0) is 67.8 Å². The van der Waals surface area contributed by atoms with Crippen molar-refractivity contribution in [1.29, 1.82) is 0 Å². The maximum absolute atomic E-state index is 11.2. The van der Waals surface area contributed by atoms with Crippen molar-refractivity contribution < 1.29 is 34.6 Å². The number of nitrogens with zero attached hydrogens (tertiary/aromatic N) is 6. The van der Waals surface area contributed by atoms with E-state index in [1.807, 2.05) is 6.07 Å². The molecular formula is C54H70N6O7. The van der Waals surface area contributed by atoms with Crippen molar-refractivity contribution in [2.45, 2.75) is 136 Å². The van der Waals surface area contributed by atoms with E-state index in [9.17, 15) is 20.4 Å². The Balaban J connectivity index is 0.000000550. The van der Waals surface area contributed by atoms with Crippen LogP contribution in [0.25, 0.3) is 45.6 Å². The zero-order valence-electron chi connectivity index (χ0n) is 39.7. The number of hydrogen-bond donors (Lipinski definition) is 4. The van der Waals surface area contributed by atoms with Crippen LogP contribution < -0.4 is 14.2 Å². The summed E-state index contributed by atoms with van der Waals surface area (Å²) in [4.78, 5) is 25.6. The van der Waals surface area contributed by atoms with E-state index in [1.165, 1.54) is 89.7 Å². The molecule has 0 aliphatic heterocycles. The predicted octanol–water partition coefficient (Wildman–Crippen LogP) is 13.5. The lowest BCUT2D eigenvalue weighted by Crippen LogP contribution is -2.02. The molecule has 0 bridgehead atoms. The highest BCUT2D eigenvalue weighted by Crippen LogP contribution is 2.38. The maximum Gasteiger partial charge on any atom is 0.167 e. The van der Waals surface area contributed by atoms with Crippen LogP contribution in [0.3, 0.4) is 0 Å². The molecule has 0 saturated heterocycles. The van der Waals surface area contributed by atoms with Crippen molar-refractivity contribution in [3.63, 3.8) is 0 Å². The Labute approximate surface area is 396 Å². The summed E-state index contributed by atoms with van der Waals surface area (Å²) in [5.41, 5.74) is 1.71. The van der Waals surface area contributed by atoms with Crippen LogP contribution in [0.4, 0.5) is 0 Å². The SMILES string of the molecule is CCCCCCCCOc1ccc(-c2nc(-c3ccc(OCCCCCCCC)cc3O)nc(-c3ccc(OCCCCCCCC)cc3O)n2)c(O)c1.Oc1ccccc1-c1ncncn1. The average molecular weight is 915 g/mol. The van der Waals surface area contributed by atoms with Crippen molar-refractivity contribution in [1.82, 2.24) is 29.9 Å². The van der Waals surface area contributed by atoms with Gasteiger partial charge < -0.3 is 34.6 Å². The molecule has 67 heavy (non-hydrogen) atoms. The van der Waals surface area contributed by atoms with E-state index in [0.29, 0.717) is 65.1 Å². The van der Waals surface area contributed by atoms with E-state index in [2.05, 4.69) is 35.7 Å². The molecule has 6 rings (SSSR count). The van der Waals surface area contributed by atoms with E-state index < -0.39 is 0 Å². The standard InChI is InChI=1S/C45H63N3O6.C9H7N3O/c1-4-7-10-13-16-19-28-52-34-22-25-37(40(49)31-34)43-46-44(38-26-23-35(32-41(38)50)53-29-20-17-14-11-8-5-2)48-45(47-43)39-27-24-36(33-42(39)51)54-30-21-18-15-12-9-6-3;13-8-4-2-1-3-7(8)9-11-5-10-6-12-9/h22-27,31-33,49-51H,4-21,28-30H2,1-3H3;1-6,13H. The minimum absolute atomic E-state index is 0.0520. The molecule has 0 aliphatic rings. The fourth-order valence-corrected chi connectivity index (χ4v) is 7.37. The first-order valence-corrected chi connectivity index (χ1v) is 24.4. The second-order valence-corrected chi connectivity index (χ2v) is 16.7. The van der Waals surface area contributed by atoms with Crippen LogP contribution >= 0.6 is 0 Å². The first-order chi connectivity index (χ1) is 32.8. The molecule has 13 heteroatoms. The van der Waals surface area contributed by atoms with E-state index in [4.69, 9.17) is 29.2 Å². The van der Waals surface area contributed by atoms with Crippen LogP contribution in [-0.4, -0.2) is 70.2 Å². The number of benzene rings is 4. The predicted molar refractivity (Wildman–Crippen MR) is 265 cm³/mol. The summed E-state index contributed by atoms with van der Waals surface area (Å²) in [6.45, 7) is 8.34. The van der Waals surface area contributed by atoms with Crippen LogP contribution in [0.2, 0.25) is 0 Å². The van der Waals surface area contributed by atoms with Gasteiger partial charge in [-0.2, -0.15) is 0 Å². The van der Waals surface area contributed by atoms with Gasteiger partial charge in [0.15, 0.2) is 23.3 Å². The number of aromatic nitrogens is 6. The van der Waals surface area contributed by atoms with Gasteiger partial charge in [0.1, 0.15) is 52.9 Å². The Morgan fingerprint density at radius 1 is 0.358 bits per heavy atom. The Hall–Kier alpha value is -6.50. The van der Waals surface area contributed by atoms with Gasteiger partial charge >= 0.3 is 0 Å². The first kappa shape index (κ1) is 51.5. The molecule has 2 heterocycles. The quantitative estimate of drug-likeness (QED) is 0.0341. The molecule has 0 spiro atoms. The summed E-state index contributed by atoms with van der Waals surface area (Å²) in [5.74, 6) is 2.72. The van der Waals surface area contributed by atoms with Gasteiger partial charge in [0, 0.05) is 18.2 Å². The average Bonchev–Trinajstić information content (AvgIpc) is 3.34. The normalized spacial score (nSPS) is 10.9. The molecule has 4 N–H and O–H groups in total. The largest absolute Gasteiger partial charge is 0.507 e. The number of para-hydroxylation sites is 1. The summed E-state index contributed by atoms with van der Waals surface area (Å²) in [6.07, 6.45) is 23.7. The third kappa shape index (κ3) is 17.3. The Morgan fingerprint density at radius 3 is 1.03 bits per heavy atom. The Kier molecular flexibility index (Phi) is 22.4. The highest BCUT2D eigenvalue weighted by molar-refractivity contribution is 5.74. The summed E-state index contributed by atoms with van der Waals surface area (Å²) >= 11 is 0. The second-order valence-electron chi connectivity index (χ2n) is 16.7. The fourth-order valence-electron chi connectivity index (χ4n) is 7.37. The highest BCUT2D eigenvalue weighted by atomic mass is 16.5. The summed E-state index contributed by atoms with van der Waals surface area (Å²) < 4.78 is 17.8. The topological polar surface area (TPSA) is 186 Å². The molecule has 0 atom stereocenters. The molecule has 0 unspecified atom stereocenters. The molecule has 6 aromatic rings. The van der Waals surface area contributed by atoms with E-state index in [1.54, 1.807) is 72.8 Å². The molecule has 358 valence electrons. The number of phenols is 4. The molecule has 2 aromatic heterocycles. The van der Waals surface area contributed by atoms with Crippen LogP contribution in [0, 0.1) is 0 Å². The molecular weight excluding hydrogens is 845 g/mol. The third-order valence-corrected chi connectivity index (χ3v) is 11.2. The van der Waals surface area contributed by atoms with Crippen molar-refractivity contribution in [2.24, 2.45) is 0 Å². The lowest BCUT2D eigenvalue weighted by Gasteiger charge is -2.13. The lowest BCUT2D eigenvalue weighted by atomic mass is 10.1. The van der Waals surface area contributed by atoms with Gasteiger partial charge in [0.05, 0.1) is 42.1 Å². The molecule has 0 fully saturated rings. The first-order valence-electron chi connectivity index (χ1n) is 24.4. The number of rotatable bonds is 28. The molecule has 4 aromatic carbocycles. The van der Waals surface area contributed by atoms with Gasteiger partial charge in [-0.3, -0.25) is 0 Å². The monoisotopic (exact) mass is 915 g/mol. The van der Waals surface area contributed by atoms with Crippen LogP contribution in [0.15, 0.2) is 91.5 Å². The van der Waals surface area contributed by atoms with Crippen LogP contribution in [0.1, 0.15) is 136 Å². The summed E-state index contributed by atoms with van der Waals surface area (Å²) in [7, 11) is 0. The van der Waals surface area contributed by atoms with Gasteiger partial charge in [-0.15, -0.1) is 0 Å². The Bertz CT molecular complexity index is 2140. The zero-order valence-corrected chi connectivity index (χ0v) is 39.7. The van der Waals surface area contributed by atoms with Gasteiger partial charge in [0.2, 0.25) is 0 Å². The highest BCUT2D eigenvalue weighted by Gasteiger charge is 2.20. The minimum Gasteiger partial charge on any atom is -0.507 e. The number of phenolic OH excluding ortho intramolecular Hbond substituents is 4. The second kappa shape index (κ2) is 29.2. The van der Waals surface area contributed by atoms with Crippen LogP contribution in [-0.2, 0) is 0 Å². The molecule has 0 saturated carbocycles. The van der Waals surface area contributed by atoms with Gasteiger partial charge in [0.25, 0.3) is 0 Å². The number of hydrogen-bond acceptors (Lipinski definition) is 13. The number of aromatic hydroxyl groups is 4. The van der Waals surface area contributed by atoms with E-state index in [0.717, 1.165) is 38.5 Å². The van der Waals surface area contributed by atoms with Gasteiger partial charge in [-0.25, -0.2) is 29.9 Å². The minimum atomic E-state index is -0.0520. The van der Waals surface area contributed by atoms with Gasteiger partial charge in [-0.1, -0.05) is 129 Å². The summed E-state index contributed by atoms with van der Waals surface area (Å²) in [6, 6.07) is 22.1. The third-order valence-electron chi connectivity index (χ3n) is 11.2. The summed E-state index contributed by atoms with van der Waals surface area (Å²) in [5, 5.41) is 43.0. The van der Waals surface area contributed by atoms with Crippen molar-refractivity contribution in [2.75, 3.05) is 19.8 Å². The number of unbranched alkanes of at least 4 members (excludes halogenated alkanes) is 15. The Morgan fingerprint density at radius 2 is 0.687 bits per heavy atom. The van der Waals surface area contributed by atoms with E-state index in [-0.39, 0.29) is 40.5 Å². The van der Waals surface area contributed by atoms with Crippen molar-refractivity contribution >= 4 is 0 Å². The van der Waals surface area contributed by atoms with Crippen LogP contribution in [0.5, 0.6) is 40.2 Å². The van der Waals surface area contributed by atoms with Crippen molar-refractivity contribution in [3.8, 4) is 85.8 Å².